The summed E-state index contributed by atoms with van der Waals surface area (Å²) < 4.78 is 54.9. The normalized spacial score (nSPS) is 17.9. The summed E-state index contributed by atoms with van der Waals surface area (Å²) in [5.74, 6) is 0.110. The van der Waals surface area contributed by atoms with Crippen molar-refractivity contribution in [2.24, 2.45) is 0 Å². The first-order valence-electron chi connectivity index (χ1n) is 12.3. The zero-order chi connectivity index (χ0) is 27.0. The Bertz CT molecular complexity index is 1500. The molecule has 1 saturated heterocycles. The van der Waals surface area contributed by atoms with Gasteiger partial charge in [-0.25, -0.2) is 4.98 Å². The van der Waals surface area contributed by atoms with E-state index >= 15 is 0 Å². The maximum Gasteiger partial charge on any atom is 0.434 e. The van der Waals surface area contributed by atoms with Crippen LogP contribution in [0.2, 0.25) is 0 Å². The standard InChI is InChI=1S/C30H26F3N3O2/c1-18-16-36(17-19(2)38-18)23-13-11-22(12-14-23)26-28(37-3)25-6-4-5-24(21-9-7-20(15-34)8-10-21)27(25)35-29(26)30(31,32)33/h4-14,18-19H,16-17H2,1-3H3. The molecule has 1 aliphatic rings. The molecule has 0 amide bonds. The van der Waals surface area contributed by atoms with Crippen LogP contribution in [0.15, 0.2) is 66.7 Å². The first-order chi connectivity index (χ1) is 18.2. The van der Waals surface area contributed by atoms with Crippen molar-refractivity contribution in [2.75, 3.05) is 25.1 Å². The largest absolute Gasteiger partial charge is 0.495 e. The molecule has 4 aromatic rings. The van der Waals surface area contributed by atoms with E-state index in [2.05, 4.69) is 16.0 Å². The predicted octanol–water partition coefficient (Wildman–Crippen LogP) is 7.08. The smallest absolute Gasteiger partial charge is 0.434 e. The molecule has 0 spiro atoms. The van der Waals surface area contributed by atoms with Gasteiger partial charge in [0.2, 0.25) is 0 Å². The number of halogens is 3. The van der Waals surface area contributed by atoms with Gasteiger partial charge >= 0.3 is 6.18 Å². The summed E-state index contributed by atoms with van der Waals surface area (Å²) in [6.45, 7) is 5.42. The fraction of sp³-hybridized carbons (Fsp3) is 0.267. The SMILES string of the molecule is COc1c(-c2ccc(N3CC(C)OC(C)C3)cc2)c(C(F)(F)F)nc2c(-c3ccc(C#N)cc3)cccc12. The van der Waals surface area contributed by atoms with E-state index < -0.39 is 11.9 Å². The molecule has 5 nitrogen and oxygen atoms in total. The molecule has 2 atom stereocenters. The molecule has 2 unspecified atom stereocenters. The number of ether oxygens (including phenoxy) is 2. The second-order valence-electron chi connectivity index (χ2n) is 9.47. The molecular weight excluding hydrogens is 491 g/mol. The Hall–Kier alpha value is -4.09. The maximum atomic E-state index is 14.5. The number of aromatic nitrogens is 1. The monoisotopic (exact) mass is 517 g/mol. The number of morpholine rings is 1. The van der Waals surface area contributed by atoms with E-state index in [0.29, 0.717) is 40.7 Å². The molecule has 8 heteroatoms. The summed E-state index contributed by atoms with van der Waals surface area (Å²) >= 11 is 0. The van der Waals surface area contributed by atoms with Gasteiger partial charge in [0.25, 0.3) is 0 Å². The summed E-state index contributed by atoms with van der Waals surface area (Å²) in [6.07, 6.45) is -4.60. The number of fused-ring (bicyclic) bond motifs is 1. The first kappa shape index (κ1) is 25.6. The van der Waals surface area contributed by atoms with Crippen LogP contribution >= 0.6 is 0 Å². The Labute approximate surface area is 219 Å². The molecule has 2 heterocycles. The number of alkyl halides is 3. The Morgan fingerprint density at radius 3 is 2.16 bits per heavy atom. The number of rotatable bonds is 4. The number of anilines is 1. The number of methoxy groups -OCH3 is 1. The lowest BCUT2D eigenvalue weighted by molar-refractivity contribution is -0.140. The number of nitriles is 1. The third kappa shape index (κ3) is 4.77. The van der Waals surface area contributed by atoms with Crippen LogP contribution in [0.5, 0.6) is 5.75 Å². The Balaban J connectivity index is 1.67. The van der Waals surface area contributed by atoms with Crippen molar-refractivity contribution in [3.8, 4) is 34.1 Å². The highest BCUT2D eigenvalue weighted by Crippen LogP contribution is 2.46. The van der Waals surface area contributed by atoms with Gasteiger partial charge in [-0.1, -0.05) is 36.4 Å². The van der Waals surface area contributed by atoms with Gasteiger partial charge in [-0.3, -0.25) is 0 Å². The van der Waals surface area contributed by atoms with Crippen LogP contribution in [0.3, 0.4) is 0 Å². The van der Waals surface area contributed by atoms with Crippen molar-refractivity contribution >= 4 is 16.6 Å². The minimum Gasteiger partial charge on any atom is -0.495 e. The van der Waals surface area contributed by atoms with E-state index in [4.69, 9.17) is 14.7 Å². The molecule has 1 fully saturated rings. The molecule has 3 aromatic carbocycles. The van der Waals surface area contributed by atoms with Crippen molar-refractivity contribution in [3.63, 3.8) is 0 Å². The molecule has 0 radical (unpaired) electrons. The molecular formula is C30H26F3N3O2. The number of hydrogen-bond donors (Lipinski definition) is 0. The van der Waals surface area contributed by atoms with Gasteiger partial charge in [0, 0.05) is 29.7 Å². The Kier molecular flexibility index (Phi) is 6.72. The van der Waals surface area contributed by atoms with E-state index in [1.54, 1.807) is 54.6 Å². The van der Waals surface area contributed by atoms with Crippen LogP contribution in [0, 0.1) is 11.3 Å². The van der Waals surface area contributed by atoms with E-state index in [-0.39, 0.29) is 29.0 Å². The van der Waals surface area contributed by atoms with Crippen molar-refractivity contribution in [1.82, 2.24) is 4.98 Å². The number of nitrogens with zero attached hydrogens (tertiary/aromatic N) is 3. The van der Waals surface area contributed by atoms with Gasteiger partial charge in [0.05, 0.1) is 42.0 Å². The van der Waals surface area contributed by atoms with Crippen LogP contribution in [-0.2, 0) is 10.9 Å². The molecule has 1 aliphatic heterocycles. The van der Waals surface area contributed by atoms with Gasteiger partial charge in [-0.2, -0.15) is 18.4 Å². The summed E-state index contributed by atoms with van der Waals surface area (Å²) in [6, 6.07) is 20.9. The second kappa shape index (κ2) is 9.99. The first-order valence-corrected chi connectivity index (χ1v) is 12.3. The van der Waals surface area contributed by atoms with E-state index in [0.717, 1.165) is 5.69 Å². The molecule has 0 bridgehead atoms. The van der Waals surface area contributed by atoms with Crippen molar-refractivity contribution in [3.05, 3.63) is 78.0 Å². The van der Waals surface area contributed by atoms with Crippen LogP contribution in [-0.4, -0.2) is 37.4 Å². The molecule has 0 saturated carbocycles. The average Bonchev–Trinajstić information content (AvgIpc) is 2.90. The predicted molar refractivity (Wildman–Crippen MR) is 141 cm³/mol. The second-order valence-corrected chi connectivity index (χ2v) is 9.47. The quantitative estimate of drug-likeness (QED) is 0.290. The van der Waals surface area contributed by atoms with Gasteiger partial charge in [0.15, 0.2) is 5.69 Å². The Morgan fingerprint density at radius 2 is 1.58 bits per heavy atom. The molecule has 194 valence electrons. The number of para-hydroxylation sites is 1. The third-order valence-corrected chi connectivity index (χ3v) is 6.71. The number of hydrogen-bond acceptors (Lipinski definition) is 5. The fourth-order valence-electron chi connectivity index (χ4n) is 5.13. The molecule has 5 rings (SSSR count). The molecule has 0 N–H and O–H groups in total. The molecule has 0 aliphatic carbocycles. The highest BCUT2D eigenvalue weighted by molar-refractivity contribution is 6.01. The minimum absolute atomic E-state index is 0.0605. The van der Waals surface area contributed by atoms with E-state index in [9.17, 15) is 13.2 Å². The topological polar surface area (TPSA) is 58.4 Å². The zero-order valence-electron chi connectivity index (χ0n) is 21.2. The lowest BCUT2D eigenvalue weighted by atomic mass is 9.95. The third-order valence-electron chi connectivity index (χ3n) is 6.71. The molecule has 38 heavy (non-hydrogen) atoms. The van der Waals surface area contributed by atoms with Crippen molar-refractivity contribution in [1.29, 1.82) is 5.26 Å². The lowest BCUT2D eigenvalue weighted by Crippen LogP contribution is -2.45. The van der Waals surface area contributed by atoms with E-state index in [1.807, 2.05) is 26.0 Å². The summed E-state index contributed by atoms with van der Waals surface area (Å²) in [4.78, 5) is 6.36. The minimum atomic E-state index is -4.72. The maximum absolute atomic E-state index is 14.5. The highest BCUT2D eigenvalue weighted by atomic mass is 19.4. The fourth-order valence-corrected chi connectivity index (χ4v) is 5.13. The van der Waals surface area contributed by atoms with Crippen LogP contribution < -0.4 is 9.64 Å². The van der Waals surface area contributed by atoms with Gasteiger partial charge in [0.1, 0.15) is 5.75 Å². The van der Waals surface area contributed by atoms with Gasteiger partial charge in [-0.15, -0.1) is 0 Å². The van der Waals surface area contributed by atoms with Crippen molar-refractivity contribution in [2.45, 2.75) is 32.2 Å². The number of benzene rings is 3. The van der Waals surface area contributed by atoms with Crippen LogP contribution in [0.1, 0.15) is 25.1 Å². The average molecular weight is 518 g/mol. The van der Waals surface area contributed by atoms with Crippen molar-refractivity contribution < 1.29 is 22.6 Å². The zero-order valence-corrected chi connectivity index (χ0v) is 21.2. The lowest BCUT2D eigenvalue weighted by Gasteiger charge is -2.37. The van der Waals surface area contributed by atoms with Gasteiger partial charge in [-0.05, 0) is 55.3 Å². The summed E-state index contributed by atoms with van der Waals surface area (Å²) in [5, 5.41) is 9.58. The van der Waals surface area contributed by atoms with Crippen LogP contribution in [0.25, 0.3) is 33.2 Å². The van der Waals surface area contributed by atoms with E-state index in [1.165, 1.54) is 7.11 Å². The Morgan fingerprint density at radius 1 is 0.947 bits per heavy atom. The highest BCUT2D eigenvalue weighted by Gasteiger charge is 2.38. The number of pyridine rings is 1. The summed E-state index contributed by atoms with van der Waals surface area (Å²) in [5.41, 5.74) is 1.99. The summed E-state index contributed by atoms with van der Waals surface area (Å²) in [7, 11) is 1.37. The van der Waals surface area contributed by atoms with Crippen LogP contribution in [0.4, 0.5) is 18.9 Å². The van der Waals surface area contributed by atoms with Gasteiger partial charge < -0.3 is 14.4 Å². The molecule has 1 aromatic heterocycles.